The molecule has 2 aromatic heterocycles. The summed E-state index contributed by atoms with van der Waals surface area (Å²) >= 11 is 0. The van der Waals surface area contributed by atoms with E-state index in [0.717, 1.165) is 16.7 Å². The number of anilines is 1. The van der Waals surface area contributed by atoms with Gasteiger partial charge in [-0.25, -0.2) is 15.4 Å². The normalized spacial score (nSPS) is 11.5. The van der Waals surface area contributed by atoms with Crippen molar-refractivity contribution in [2.24, 2.45) is 0 Å². The lowest BCUT2D eigenvalue weighted by Gasteiger charge is -2.34. The van der Waals surface area contributed by atoms with Gasteiger partial charge >= 0.3 is 0 Å². The molecule has 3 aromatic carbocycles. The van der Waals surface area contributed by atoms with Gasteiger partial charge in [0.25, 0.3) is 6.01 Å². The van der Waals surface area contributed by atoms with E-state index in [-0.39, 0.29) is 0 Å². The van der Waals surface area contributed by atoms with Crippen LogP contribution in [0, 0.1) is 0 Å². The highest BCUT2D eigenvalue weighted by molar-refractivity contribution is 5.83. The first-order chi connectivity index (χ1) is 16.3. The van der Waals surface area contributed by atoms with Gasteiger partial charge < -0.3 is 9.72 Å². The monoisotopic (exact) mass is 437 g/mol. The number of methoxy groups -OCH3 is 1. The number of fused-ring (bicyclic) bond motifs is 1. The van der Waals surface area contributed by atoms with Crippen molar-refractivity contribution in [3.05, 3.63) is 114 Å². The maximum atomic E-state index is 5.31. The fourth-order valence-corrected chi connectivity index (χ4v) is 4.26. The first-order valence-corrected chi connectivity index (χ1v) is 10.5. The maximum absolute atomic E-state index is 5.31. The van der Waals surface area contributed by atoms with Gasteiger partial charge in [0.1, 0.15) is 10.9 Å². The summed E-state index contributed by atoms with van der Waals surface area (Å²) in [7, 11) is 3.09. The third kappa shape index (κ3) is 3.48. The summed E-state index contributed by atoms with van der Waals surface area (Å²) in [5.74, 6) is 1.03. The largest absolute Gasteiger partial charge is 0.468 e. The lowest BCUT2D eigenvalue weighted by Crippen LogP contribution is -2.33. The number of hydrogen-bond acceptors (Lipinski definition) is 6. The lowest BCUT2D eigenvalue weighted by atomic mass is 9.68. The first-order valence-electron chi connectivity index (χ1n) is 10.5. The number of imidazole rings is 1. The van der Waals surface area contributed by atoms with E-state index < -0.39 is 5.41 Å². The molecule has 0 saturated carbocycles. The molecule has 0 radical (unpaired) electrons. The Morgan fingerprint density at radius 1 is 0.697 bits per heavy atom. The van der Waals surface area contributed by atoms with E-state index in [1.165, 1.54) is 0 Å². The van der Waals surface area contributed by atoms with Crippen LogP contribution in [0.1, 0.15) is 22.5 Å². The van der Waals surface area contributed by atoms with Gasteiger partial charge in [0.05, 0.1) is 14.2 Å². The Hall–Kier alpha value is -4.23. The third-order valence-electron chi connectivity index (χ3n) is 5.68. The third-order valence-corrected chi connectivity index (χ3v) is 5.68. The van der Waals surface area contributed by atoms with Crippen LogP contribution in [-0.2, 0) is 10.3 Å². The zero-order valence-electron chi connectivity index (χ0n) is 18.3. The van der Waals surface area contributed by atoms with Gasteiger partial charge in [-0.05, 0) is 16.7 Å². The molecule has 2 heterocycles. The molecule has 0 fully saturated rings. The van der Waals surface area contributed by atoms with Gasteiger partial charge in [0, 0.05) is 0 Å². The Morgan fingerprint density at radius 2 is 1.21 bits per heavy atom. The predicted octanol–water partition coefficient (Wildman–Crippen LogP) is 4.72. The zero-order valence-corrected chi connectivity index (χ0v) is 18.3. The van der Waals surface area contributed by atoms with Crippen LogP contribution in [0.3, 0.4) is 0 Å². The molecular formula is C26H23N5O2. The molecule has 0 aliphatic carbocycles. The maximum Gasteiger partial charge on any atom is 0.295 e. The standard InChI is InChI=1S/C26H23N5O2/c1-32-25-27-21-22(30-25)28-24(29-23(21)31-33-2)26(18-12-6-3-7-13-18,19-14-8-4-9-15-19)20-16-10-5-11-17-20/h3-17H,1-2H3,(H2,27,28,29,30,31). The van der Waals surface area contributed by atoms with E-state index in [0.29, 0.717) is 28.8 Å². The van der Waals surface area contributed by atoms with E-state index >= 15 is 0 Å². The van der Waals surface area contributed by atoms with Crippen LogP contribution in [0.2, 0.25) is 0 Å². The van der Waals surface area contributed by atoms with Gasteiger partial charge in [0.2, 0.25) is 0 Å². The minimum absolute atomic E-state index is 0.348. The van der Waals surface area contributed by atoms with Crippen LogP contribution in [0.15, 0.2) is 91.0 Å². The molecule has 2 N–H and O–H groups in total. The smallest absolute Gasteiger partial charge is 0.295 e. The summed E-state index contributed by atoms with van der Waals surface area (Å²) in [6, 6.07) is 31.1. The fraction of sp³-hybridized carbons (Fsp3) is 0.115. The van der Waals surface area contributed by atoms with Gasteiger partial charge in [-0.2, -0.15) is 4.98 Å². The van der Waals surface area contributed by atoms with Crippen molar-refractivity contribution in [2.45, 2.75) is 5.41 Å². The van der Waals surface area contributed by atoms with Gasteiger partial charge in [-0.3, -0.25) is 4.84 Å². The van der Waals surface area contributed by atoms with Crippen LogP contribution >= 0.6 is 0 Å². The number of benzene rings is 3. The fourth-order valence-electron chi connectivity index (χ4n) is 4.26. The second-order valence-corrected chi connectivity index (χ2v) is 7.49. The van der Waals surface area contributed by atoms with Crippen molar-refractivity contribution in [1.29, 1.82) is 0 Å². The average Bonchev–Trinajstić information content (AvgIpc) is 3.31. The minimum atomic E-state index is -0.797. The summed E-state index contributed by atoms with van der Waals surface area (Å²) in [4.78, 5) is 22.8. The van der Waals surface area contributed by atoms with Gasteiger partial charge in [0.15, 0.2) is 17.3 Å². The summed E-state index contributed by atoms with van der Waals surface area (Å²) in [5, 5.41) is 0. The van der Waals surface area contributed by atoms with E-state index in [4.69, 9.17) is 19.5 Å². The molecule has 7 heteroatoms. The number of hydrogen-bond donors (Lipinski definition) is 2. The Labute approximate surface area is 191 Å². The average molecular weight is 438 g/mol. The lowest BCUT2D eigenvalue weighted by molar-refractivity contribution is 0.269. The van der Waals surface area contributed by atoms with Gasteiger partial charge in [-0.15, -0.1) is 0 Å². The molecule has 0 aliphatic heterocycles. The van der Waals surface area contributed by atoms with E-state index in [9.17, 15) is 0 Å². The van der Waals surface area contributed by atoms with Gasteiger partial charge in [-0.1, -0.05) is 91.0 Å². The number of rotatable bonds is 7. The molecule has 164 valence electrons. The summed E-state index contributed by atoms with van der Waals surface area (Å²) in [6.45, 7) is 0. The predicted molar refractivity (Wildman–Crippen MR) is 127 cm³/mol. The molecule has 7 nitrogen and oxygen atoms in total. The second kappa shape index (κ2) is 8.72. The molecule has 5 rings (SSSR count). The number of ether oxygens (including phenoxy) is 1. The Bertz CT molecular complexity index is 1260. The number of nitrogens with one attached hydrogen (secondary N) is 2. The Kier molecular flexibility index (Phi) is 5.46. The molecule has 5 aromatic rings. The summed E-state index contributed by atoms with van der Waals surface area (Å²) in [6.07, 6.45) is 0. The number of aromatic amines is 1. The van der Waals surface area contributed by atoms with E-state index in [1.807, 2.05) is 54.6 Å². The second-order valence-electron chi connectivity index (χ2n) is 7.49. The van der Waals surface area contributed by atoms with Crippen molar-refractivity contribution < 1.29 is 9.57 Å². The van der Waals surface area contributed by atoms with Crippen LogP contribution in [-0.4, -0.2) is 34.2 Å². The van der Waals surface area contributed by atoms with Crippen molar-refractivity contribution in [1.82, 2.24) is 19.9 Å². The summed E-state index contributed by atoms with van der Waals surface area (Å²) < 4.78 is 5.31. The first kappa shape index (κ1) is 20.7. The molecule has 0 spiro atoms. The van der Waals surface area contributed by atoms with Crippen molar-refractivity contribution in [3.63, 3.8) is 0 Å². The minimum Gasteiger partial charge on any atom is -0.468 e. The van der Waals surface area contributed by atoms with Crippen LogP contribution in [0.25, 0.3) is 11.2 Å². The molecule has 0 atom stereocenters. The SMILES string of the molecule is CONc1nc(C(c2ccccc2)(c2ccccc2)c2ccccc2)nc2nc(OC)[nH]c12. The summed E-state index contributed by atoms with van der Waals surface area (Å²) in [5.41, 5.74) is 6.26. The zero-order chi connectivity index (χ0) is 22.7. The highest BCUT2D eigenvalue weighted by Gasteiger charge is 2.42. The van der Waals surface area contributed by atoms with Crippen LogP contribution in [0.5, 0.6) is 6.01 Å². The van der Waals surface area contributed by atoms with Crippen molar-refractivity contribution in [2.75, 3.05) is 19.7 Å². The van der Waals surface area contributed by atoms with Crippen molar-refractivity contribution in [3.8, 4) is 6.01 Å². The van der Waals surface area contributed by atoms with Crippen molar-refractivity contribution >= 4 is 17.0 Å². The highest BCUT2D eigenvalue weighted by atomic mass is 16.6. The number of H-pyrrole nitrogens is 1. The van der Waals surface area contributed by atoms with E-state index in [2.05, 4.69) is 51.8 Å². The number of nitrogens with zero attached hydrogens (tertiary/aromatic N) is 3. The Balaban J connectivity index is 1.92. The van der Waals surface area contributed by atoms with E-state index in [1.54, 1.807) is 14.2 Å². The molecular weight excluding hydrogens is 414 g/mol. The molecule has 0 bridgehead atoms. The molecule has 0 unspecified atom stereocenters. The molecule has 33 heavy (non-hydrogen) atoms. The molecule has 0 saturated heterocycles. The topological polar surface area (TPSA) is 84.9 Å². The Morgan fingerprint density at radius 3 is 1.67 bits per heavy atom. The molecule has 0 amide bonds. The van der Waals surface area contributed by atoms with Crippen LogP contribution in [0.4, 0.5) is 5.82 Å². The van der Waals surface area contributed by atoms with Crippen LogP contribution < -0.4 is 10.2 Å². The quantitative estimate of drug-likeness (QED) is 0.283. The molecule has 0 aliphatic rings. The highest BCUT2D eigenvalue weighted by Crippen LogP contribution is 2.44. The number of aromatic nitrogens is 4.